The van der Waals surface area contributed by atoms with E-state index in [-0.39, 0.29) is 11.7 Å². The molecule has 2 heterocycles. The first kappa shape index (κ1) is 19.6. The highest BCUT2D eigenvalue weighted by atomic mass is 16.1. The maximum absolute atomic E-state index is 12.6. The van der Waals surface area contributed by atoms with E-state index in [4.69, 9.17) is 0 Å². The van der Waals surface area contributed by atoms with Crippen molar-refractivity contribution in [1.29, 1.82) is 0 Å². The summed E-state index contributed by atoms with van der Waals surface area (Å²) in [6, 6.07) is 14.4. The number of rotatable bonds is 6. The van der Waals surface area contributed by atoms with Crippen LogP contribution in [0.3, 0.4) is 0 Å². The Labute approximate surface area is 172 Å². The Bertz CT molecular complexity index is 883. The highest BCUT2D eigenvalue weighted by Crippen LogP contribution is 2.24. The van der Waals surface area contributed by atoms with E-state index in [2.05, 4.69) is 46.3 Å². The van der Waals surface area contributed by atoms with Gasteiger partial charge in [0.1, 0.15) is 0 Å². The number of anilines is 2. The van der Waals surface area contributed by atoms with Crippen molar-refractivity contribution in [2.75, 3.05) is 42.9 Å². The summed E-state index contributed by atoms with van der Waals surface area (Å²) < 4.78 is 0. The number of ketones is 1. The number of fused-ring (bicyclic) bond motifs is 1. The van der Waals surface area contributed by atoms with Gasteiger partial charge in [0.25, 0.3) is 0 Å². The van der Waals surface area contributed by atoms with Gasteiger partial charge in [-0.2, -0.15) is 0 Å². The fourth-order valence-corrected chi connectivity index (χ4v) is 4.15. The van der Waals surface area contributed by atoms with Crippen molar-refractivity contribution in [3.05, 3.63) is 59.2 Å². The van der Waals surface area contributed by atoms with Gasteiger partial charge in [-0.05, 0) is 62.2 Å². The number of aryl methyl sites for hydroxylation is 2. The molecule has 1 fully saturated rings. The number of amides is 1. The molecule has 0 aliphatic carbocycles. The first-order valence-electron chi connectivity index (χ1n) is 10.6. The lowest BCUT2D eigenvalue weighted by Crippen LogP contribution is -2.46. The number of carbonyl (C=O) groups is 2. The minimum atomic E-state index is 0.0547. The van der Waals surface area contributed by atoms with Gasteiger partial charge in [-0.1, -0.05) is 17.7 Å². The molecule has 5 heteroatoms. The van der Waals surface area contributed by atoms with Gasteiger partial charge in [-0.25, -0.2) is 0 Å². The fraction of sp³-hybridized carbons (Fsp3) is 0.417. The quantitative estimate of drug-likeness (QED) is 0.764. The summed E-state index contributed by atoms with van der Waals surface area (Å²) in [7, 11) is 0. The van der Waals surface area contributed by atoms with Crippen LogP contribution in [0.15, 0.2) is 42.5 Å². The zero-order valence-electron chi connectivity index (χ0n) is 17.1. The van der Waals surface area contributed by atoms with Gasteiger partial charge in [0.15, 0.2) is 5.78 Å². The van der Waals surface area contributed by atoms with E-state index in [1.807, 2.05) is 18.2 Å². The van der Waals surface area contributed by atoms with Gasteiger partial charge >= 0.3 is 0 Å². The van der Waals surface area contributed by atoms with Gasteiger partial charge in [0.2, 0.25) is 5.91 Å². The predicted molar refractivity (Wildman–Crippen MR) is 117 cm³/mol. The molecule has 2 aromatic rings. The van der Waals surface area contributed by atoms with Gasteiger partial charge in [-0.15, -0.1) is 0 Å². The highest BCUT2D eigenvalue weighted by molar-refractivity contribution is 5.98. The van der Waals surface area contributed by atoms with Crippen molar-refractivity contribution in [2.45, 2.75) is 32.6 Å². The molecule has 0 radical (unpaired) electrons. The Morgan fingerprint density at radius 2 is 1.76 bits per heavy atom. The number of carbonyl (C=O) groups excluding carboxylic acids is 2. The van der Waals surface area contributed by atoms with Crippen molar-refractivity contribution >= 4 is 23.1 Å². The van der Waals surface area contributed by atoms with Crippen LogP contribution in [0, 0.1) is 6.92 Å². The number of hydrogen-bond donors (Lipinski definition) is 1. The predicted octanol–water partition coefficient (Wildman–Crippen LogP) is 3.66. The molecular formula is C24H29N3O2. The number of nitrogens with zero attached hydrogens (tertiary/aromatic N) is 2. The van der Waals surface area contributed by atoms with Crippen LogP contribution in [0.1, 0.15) is 40.7 Å². The number of piperazine rings is 1. The van der Waals surface area contributed by atoms with Crippen molar-refractivity contribution in [3.8, 4) is 0 Å². The van der Waals surface area contributed by atoms with Crippen LogP contribution in [0.2, 0.25) is 0 Å². The lowest BCUT2D eigenvalue weighted by Gasteiger charge is -2.36. The van der Waals surface area contributed by atoms with E-state index in [0.717, 1.165) is 56.0 Å². The summed E-state index contributed by atoms with van der Waals surface area (Å²) in [6.45, 7) is 7.24. The standard InChI is InChI=1S/C24H29N3O2/c1-18-4-8-21(9-5-18)27-15-13-26(14-16-27)12-2-3-23(28)20-6-10-22-19(17-20)7-11-24(29)25-22/h4-6,8-10,17H,2-3,7,11-16H2,1H3,(H,25,29). The van der Waals surface area contributed by atoms with E-state index >= 15 is 0 Å². The van der Waals surface area contributed by atoms with Crippen LogP contribution in [0.5, 0.6) is 0 Å². The van der Waals surface area contributed by atoms with E-state index in [0.29, 0.717) is 19.3 Å². The van der Waals surface area contributed by atoms with E-state index in [1.54, 1.807) is 0 Å². The van der Waals surface area contributed by atoms with Crippen molar-refractivity contribution in [3.63, 3.8) is 0 Å². The zero-order valence-corrected chi connectivity index (χ0v) is 17.1. The van der Waals surface area contributed by atoms with Gasteiger partial charge in [0.05, 0.1) is 0 Å². The molecular weight excluding hydrogens is 362 g/mol. The van der Waals surface area contributed by atoms with E-state index < -0.39 is 0 Å². The first-order valence-corrected chi connectivity index (χ1v) is 10.6. The molecule has 29 heavy (non-hydrogen) atoms. The second-order valence-electron chi connectivity index (χ2n) is 8.11. The molecule has 1 amide bonds. The summed E-state index contributed by atoms with van der Waals surface area (Å²) >= 11 is 0. The molecule has 0 aromatic heterocycles. The summed E-state index contributed by atoms with van der Waals surface area (Å²) in [5, 5.41) is 2.87. The Morgan fingerprint density at radius 1 is 1.00 bits per heavy atom. The molecule has 2 aliphatic heterocycles. The van der Waals surface area contributed by atoms with Crippen molar-refractivity contribution in [1.82, 2.24) is 4.90 Å². The Morgan fingerprint density at radius 3 is 2.52 bits per heavy atom. The molecule has 0 bridgehead atoms. The smallest absolute Gasteiger partial charge is 0.224 e. The Hall–Kier alpha value is -2.66. The van der Waals surface area contributed by atoms with Crippen LogP contribution in [0.25, 0.3) is 0 Å². The summed E-state index contributed by atoms with van der Waals surface area (Å²) in [5.41, 5.74) is 5.28. The van der Waals surface area contributed by atoms with Crippen LogP contribution >= 0.6 is 0 Å². The molecule has 0 spiro atoms. The molecule has 1 N–H and O–H groups in total. The molecule has 0 saturated carbocycles. The topological polar surface area (TPSA) is 52.7 Å². The van der Waals surface area contributed by atoms with Gasteiger partial charge < -0.3 is 10.2 Å². The third-order valence-corrected chi connectivity index (χ3v) is 5.97. The number of Topliss-reactive ketones (excluding diaryl/α,β-unsaturated/α-hetero) is 1. The number of benzene rings is 2. The largest absolute Gasteiger partial charge is 0.369 e. The highest BCUT2D eigenvalue weighted by Gasteiger charge is 2.19. The zero-order chi connectivity index (χ0) is 20.2. The molecule has 0 atom stereocenters. The summed E-state index contributed by atoms with van der Waals surface area (Å²) in [5.74, 6) is 0.252. The van der Waals surface area contributed by atoms with Crippen molar-refractivity contribution in [2.24, 2.45) is 0 Å². The minimum absolute atomic E-state index is 0.0547. The first-order chi connectivity index (χ1) is 14.1. The van der Waals surface area contributed by atoms with Crippen LogP contribution < -0.4 is 10.2 Å². The lowest BCUT2D eigenvalue weighted by atomic mass is 9.97. The van der Waals surface area contributed by atoms with Crippen molar-refractivity contribution < 1.29 is 9.59 Å². The maximum atomic E-state index is 12.6. The monoisotopic (exact) mass is 391 g/mol. The third-order valence-electron chi connectivity index (χ3n) is 5.97. The van der Waals surface area contributed by atoms with Crippen LogP contribution in [-0.2, 0) is 11.2 Å². The SMILES string of the molecule is Cc1ccc(N2CCN(CCCC(=O)c3ccc4c(c3)CCC(=O)N4)CC2)cc1. The Balaban J connectivity index is 1.22. The number of nitrogens with one attached hydrogen (secondary N) is 1. The fourth-order valence-electron chi connectivity index (χ4n) is 4.15. The molecule has 1 saturated heterocycles. The van der Waals surface area contributed by atoms with Gasteiger partial charge in [-0.3, -0.25) is 14.5 Å². The normalized spacial score (nSPS) is 17.0. The second-order valence-corrected chi connectivity index (χ2v) is 8.11. The lowest BCUT2D eigenvalue weighted by molar-refractivity contribution is -0.116. The maximum Gasteiger partial charge on any atom is 0.224 e. The molecule has 152 valence electrons. The van der Waals surface area contributed by atoms with Crippen LogP contribution in [0.4, 0.5) is 11.4 Å². The summed E-state index contributed by atoms with van der Waals surface area (Å²) in [6.07, 6.45) is 2.67. The van der Waals surface area contributed by atoms with Crippen LogP contribution in [-0.4, -0.2) is 49.3 Å². The van der Waals surface area contributed by atoms with E-state index in [1.165, 1.54) is 11.3 Å². The molecule has 5 nitrogen and oxygen atoms in total. The summed E-state index contributed by atoms with van der Waals surface area (Å²) in [4.78, 5) is 28.9. The molecule has 2 aliphatic rings. The molecule has 4 rings (SSSR count). The molecule has 2 aromatic carbocycles. The third kappa shape index (κ3) is 4.85. The molecule has 0 unspecified atom stereocenters. The van der Waals surface area contributed by atoms with E-state index in [9.17, 15) is 9.59 Å². The average Bonchev–Trinajstić information content (AvgIpc) is 2.74. The Kier molecular flexibility index (Phi) is 5.95. The minimum Gasteiger partial charge on any atom is -0.369 e. The number of hydrogen-bond acceptors (Lipinski definition) is 4. The van der Waals surface area contributed by atoms with Gasteiger partial charge in [0, 0.05) is 56.0 Å². The second kappa shape index (κ2) is 8.78. The average molecular weight is 392 g/mol.